The number of hydrogen-bond donors (Lipinski definition) is 2. The summed E-state index contributed by atoms with van der Waals surface area (Å²) in [5.74, 6) is 0.868. The molecule has 0 aromatic heterocycles. The lowest BCUT2D eigenvalue weighted by Gasteiger charge is -2.15. The first kappa shape index (κ1) is 24.4. The van der Waals surface area contributed by atoms with Crippen LogP contribution in [0.2, 0.25) is 0 Å². The molecule has 1 aromatic rings. The zero-order chi connectivity index (χ0) is 19.4. The molecular formula is C22H37IN4O2. The molecule has 1 unspecified atom stereocenters. The van der Waals surface area contributed by atoms with E-state index in [4.69, 9.17) is 14.5 Å². The molecule has 0 spiro atoms. The van der Waals surface area contributed by atoms with E-state index in [-0.39, 0.29) is 30.1 Å². The Hall–Kier alpha value is -0.900. The topological polar surface area (TPSA) is 58.1 Å². The normalized spacial score (nSPS) is 19.9. The van der Waals surface area contributed by atoms with Gasteiger partial charge in [0.15, 0.2) is 5.96 Å². The Morgan fingerprint density at radius 1 is 1.17 bits per heavy atom. The van der Waals surface area contributed by atoms with E-state index in [1.807, 2.05) is 0 Å². The van der Waals surface area contributed by atoms with Gasteiger partial charge in [0.05, 0.1) is 19.3 Å². The fraction of sp³-hybridized carbons (Fsp3) is 0.682. The van der Waals surface area contributed by atoms with Gasteiger partial charge in [-0.05, 0) is 56.8 Å². The van der Waals surface area contributed by atoms with Crippen LogP contribution in [-0.4, -0.2) is 63.0 Å². The highest BCUT2D eigenvalue weighted by Crippen LogP contribution is 2.13. The average Bonchev–Trinajstić information content (AvgIpc) is 3.41. The van der Waals surface area contributed by atoms with E-state index >= 15 is 0 Å². The van der Waals surface area contributed by atoms with Crippen LogP contribution in [0.5, 0.6) is 0 Å². The third-order valence-electron chi connectivity index (χ3n) is 5.25. The molecule has 1 atom stereocenters. The predicted octanol–water partition coefficient (Wildman–Crippen LogP) is 3.15. The first-order chi connectivity index (χ1) is 13.8. The molecule has 164 valence electrons. The van der Waals surface area contributed by atoms with Gasteiger partial charge in [0.2, 0.25) is 0 Å². The summed E-state index contributed by atoms with van der Waals surface area (Å²) in [6, 6.07) is 8.90. The smallest absolute Gasteiger partial charge is 0.191 e. The van der Waals surface area contributed by atoms with Crippen LogP contribution in [0.1, 0.15) is 43.7 Å². The minimum Gasteiger partial charge on any atom is -0.379 e. The van der Waals surface area contributed by atoms with E-state index in [9.17, 15) is 0 Å². The number of likely N-dealkylation sites (tertiary alicyclic amines) is 1. The van der Waals surface area contributed by atoms with Crippen LogP contribution in [0.25, 0.3) is 0 Å². The highest BCUT2D eigenvalue weighted by molar-refractivity contribution is 14.0. The highest BCUT2D eigenvalue weighted by atomic mass is 127. The van der Waals surface area contributed by atoms with E-state index in [0.717, 1.165) is 58.3 Å². The minimum absolute atomic E-state index is 0. The van der Waals surface area contributed by atoms with Crippen LogP contribution in [-0.2, 0) is 22.6 Å². The second-order valence-corrected chi connectivity index (χ2v) is 7.63. The fourth-order valence-corrected chi connectivity index (χ4v) is 3.63. The molecule has 7 heteroatoms. The molecular weight excluding hydrogens is 479 g/mol. The van der Waals surface area contributed by atoms with Crippen molar-refractivity contribution in [3.63, 3.8) is 0 Å². The van der Waals surface area contributed by atoms with E-state index in [1.165, 1.54) is 37.1 Å². The molecule has 2 N–H and O–H groups in total. The van der Waals surface area contributed by atoms with Crippen molar-refractivity contribution < 1.29 is 9.47 Å². The summed E-state index contributed by atoms with van der Waals surface area (Å²) in [6.45, 7) is 10.4. The lowest BCUT2D eigenvalue weighted by molar-refractivity contribution is 0.0420. The van der Waals surface area contributed by atoms with Crippen LogP contribution < -0.4 is 10.6 Å². The summed E-state index contributed by atoms with van der Waals surface area (Å²) >= 11 is 0. The maximum atomic E-state index is 5.80. The number of halogens is 1. The summed E-state index contributed by atoms with van der Waals surface area (Å²) in [5.41, 5.74) is 2.64. The Kier molecular flexibility index (Phi) is 11.9. The van der Waals surface area contributed by atoms with Crippen molar-refractivity contribution >= 4 is 29.9 Å². The standard InChI is InChI=1S/C22H36N4O2.HI/c1-2-23-22(24-11-5-14-28-21-10-15-27-18-21)25-16-19-6-8-20(9-7-19)17-26-12-3-4-13-26;/h6-9,21H,2-5,10-18H2,1H3,(H2,23,24,25);1H. The third-order valence-corrected chi connectivity index (χ3v) is 5.25. The van der Waals surface area contributed by atoms with Crippen molar-refractivity contribution in [2.45, 2.75) is 51.8 Å². The molecule has 6 nitrogen and oxygen atoms in total. The predicted molar refractivity (Wildman–Crippen MR) is 129 cm³/mol. The van der Waals surface area contributed by atoms with Gasteiger partial charge in [0.25, 0.3) is 0 Å². The van der Waals surface area contributed by atoms with Crippen molar-refractivity contribution in [3.05, 3.63) is 35.4 Å². The summed E-state index contributed by atoms with van der Waals surface area (Å²) in [7, 11) is 0. The Balaban J connectivity index is 0.00000300. The van der Waals surface area contributed by atoms with Gasteiger partial charge in [0, 0.05) is 32.8 Å². The number of aliphatic imine (C=N–C) groups is 1. The van der Waals surface area contributed by atoms with Gasteiger partial charge in [-0.3, -0.25) is 4.90 Å². The van der Waals surface area contributed by atoms with E-state index in [0.29, 0.717) is 6.54 Å². The molecule has 0 aliphatic carbocycles. The highest BCUT2D eigenvalue weighted by Gasteiger charge is 2.15. The summed E-state index contributed by atoms with van der Waals surface area (Å²) in [6.07, 6.45) is 4.96. The van der Waals surface area contributed by atoms with Gasteiger partial charge < -0.3 is 20.1 Å². The molecule has 1 aromatic carbocycles. The van der Waals surface area contributed by atoms with Gasteiger partial charge in [-0.1, -0.05) is 24.3 Å². The van der Waals surface area contributed by atoms with Gasteiger partial charge >= 0.3 is 0 Å². The lowest BCUT2D eigenvalue weighted by Crippen LogP contribution is -2.38. The molecule has 2 aliphatic heterocycles. The number of guanidine groups is 1. The molecule has 0 bridgehead atoms. The molecule has 3 rings (SSSR count). The van der Waals surface area contributed by atoms with Gasteiger partial charge in [-0.15, -0.1) is 24.0 Å². The van der Waals surface area contributed by atoms with E-state index < -0.39 is 0 Å². The zero-order valence-electron chi connectivity index (χ0n) is 17.7. The van der Waals surface area contributed by atoms with Crippen LogP contribution in [0.4, 0.5) is 0 Å². The number of ether oxygens (including phenoxy) is 2. The number of benzene rings is 1. The first-order valence-corrected chi connectivity index (χ1v) is 10.8. The number of nitrogens with one attached hydrogen (secondary N) is 2. The summed E-state index contributed by atoms with van der Waals surface area (Å²) in [4.78, 5) is 7.25. The second-order valence-electron chi connectivity index (χ2n) is 7.63. The second kappa shape index (κ2) is 14.2. The van der Waals surface area contributed by atoms with Crippen molar-refractivity contribution in [1.29, 1.82) is 0 Å². The monoisotopic (exact) mass is 516 g/mol. The number of nitrogens with zero attached hydrogens (tertiary/aromatic N) is 2. The number of hydrogen-bond acceptors (Lipinski definition) is 4. The largest absolute Gasteiger partial charge is 0.379 e. The Bertz CT molecular complexity index is 585. The molecule has 2 fully saturated rings. The summed E-state index contributed by atoms with van der Waals surface area (Å²) < 4.78 is 11.1. The van der Waals surface area contributed by atoms with Gasteiger partial charge in [-0.2, -0.15) is 0 Å². The lowest BCUT2D eigenvalue weighted by atomic mass is 10.1. The van der Waals surface area contributed by atoms with Crippen molar-refractivity contribution in [2.75, 3.05) is 46.0 Å². The molecule has 2 saturated heterocycles. The minimum atomic E-state index is 0. The molecule has 2 aliphatic rings. The van der Waals surface area contributed by atoms with Crippen molar-refractivity contribution in [1.82, 2.24) is 15.5 Å². The maximum absolute atomic E-state index is 5.80. The molecule has 2 heterocycles. The van der Waals surface area contributed by atoms with E-state index in [2.05, 4.69) is 46.7 Å². The Labute approximate surface area is 192 Å². The van der Waals surface area contributed by atoms with Crippen LogP contribution in [0.3, 0.4) is 0 Å². The van der Waals surface area contributed by atoms with Gasteiger partial charge in [-0.25, -0.2) is 4.99 Å². The van der Waals surface area contributed by atoms with Gasteiger partial charge in [0.1, 0.15) is 0 Å². The summed E-state index contributed by atoms with van der Waals surface area (Å²) in [5, 5.41) is 6.71. The quantitative estimate of drug-likeness (QED) is 0.217. The third kappa shape index (κ3) is 9.19. The first-order valence-electron chi connectivity index (χ1n) is 10.8. The Morgan fingerprint density at radius 2 is 1.93 bits per heavy atom. The number of rotatable bonds is 10. The average molecular weight is 516 g/mol. The maximum Gasteiger partial charge on any atom is 0.191 e. The molecule has 0 saturated carbocycles. The zero-order valence-corrected chi connectivity index (χ0v) is 20.0. The van der Waals surface area contributed by atoms with Crippen LogP contribution in [0.15, 0.2) is 29.3 Å². The van der Waals surface area contributed by atoms with E-state index in [1.54, 1.807) is 0 Å². The van der Waals surface area contributed by atoms with Crippen molar-refractivity contribution in [3.8, 4) is 0 Å². The molecule has 29 heavy (non-hydrogen) atoms. The molecule has 0 radical (unpaired) electrons. The van der Waals surface area contributed by atoms with Crippen molar-refractivity contribution in [2.24, 2.45) is 4.99 Å². The fourth-order valence-electron chi connectivity index (χ4n) is 3.63. The SMILES string of the molecule is CCNC(=NCc1ccc(CN2CCCC2)cc1)NCCCOC1CCOC1.I. The van der Waals surface area contributed by atoms with Crippen LogP contribution in [0, 0.1) is 0 Å². The molecule has 0 amide bonds. The Morgan fingerprint density at radius 3 is 2.62 bits per heavy atom. The van der Waals surface area contributed by atoms with Crippen LogP contribution >= 0.6 is 24.0 Å².